The lowest BCUT2D eigenvalue weighted by Crippen LogP contribution is -2.58. The molecule has 6 atom stereocenters. The third-order valence-electron chi connectivity index (χ3n) is 9.09. The molecule has 0 aliphatic carbocycles. The van der Waals surface area contributed by atoms with Gasteiger partial charge in [-0.2, -0.15) is 0 Å². The molecule has 0 unspecified atom stereocenters. The molecule has 18 nitrogen and oxygen atoms in total. The molecular weight excluding hydrogens is 723 g/mol. The first-order valence-corrected chi connectivity index (χ1v) is 18.7. The van der Waals surface area contributed by atoms with E-state index in [2.05, 4.69) is 31.6 Å². The zero-order chi connectivity index (χ0) is 40.1. The van der Waals surface area contributed by atoms with E-state index >= 15 is 0 Å². The first kappa shape index (κ1) is 43.4. The number of thioether (sulfide) groups is 1. The largest absolute Gasteiger partial charge is 0.391 e. The van der Waals surface area contributed by atoms with Gasteiger partial charge in [-0.25, -0.2) is 0 Å². The molecule has 1 fully saturated rings. The first-order valence-electron chi connectivity index (χ1n) is 17.7. The van der Waals surface area contributed by atoms with Crippen LogP contribution in [0.25, 0.3) is 10.9 Å². The zero-order valence-corrected chi connectivity index (χ0v) is 31.7. The van der Waals surface area contributed by atoms with Gasteiger partial charge >= 0.3 is 0 Å². The average Bonchev–Trinajstić information content (AvgIpc) is 3.72. The van der Waals surface area contributed by atoms with Crippen molar-refractivity contribution in [3.8, 4) is 0 Å². The number of carbonyl (C=O) groups is 8. The van der Waals surface area contributed by atoms with Crippen LogP contribution >= 0.6 is 11.8 Å². The number of hydrogen-bond donors (Lipinski definition) is 9. The number of amides is 7. The van der Waals surface area contributed by atoms with Crippen molar-refractivity contribution in [2.75, 3.05) is 31.9 Å². The SMILES string of the molecule is CCc1c(SC[C@@H](NC(=O)CNC(=O)[C@@H](NC(=O)CNC(=O)CN)[C@@H](C)CC)C(=O)N[C@@H](CC(N)=O)C(=O)N2C[C@H](O)C[C@H]2C(C)=O)[nH]c2ccccc12. The second-order valence-corrected chi connectivity index (χ2v) is 14.2. The van der Waals surface area contributed by atoms with E-state index in [1.54, 1.807) is 13.8 Å². The van der Waals surface area contributed by atoms with Gasteiger partial charge in [0.2, 0.25) is 41.4 Å². The number of nitrogens with two attached hydrogens (primary N) is 2. The van der Waals surface area contributed by atoms with Gasteiger partial charge in [0.15, 0.2) is 5.78 Å². The summed E-state index contributed by atoms with van der Waals surface area (Å²) in [7, 11) is 0. The van der Waals surface area contributed by atoms with Crippen molar-refractivity contribution in [3.05, 3.63) is 29.8 Å². The Morgan fingerprint density at radius 1 is 0.944 bits per heavy atom. The molecule has 11 N–H and O–H groups in total. The topological polar surface area (TPSA) is 288 Å². The van der Waals surface area contributed by atoms with Crippen molar-refractivity contribution in [3.63, 3.8) is 0 Å². The van der Waals surface area contributed by atoms with Gasteiger partial charge in [-0.15, -0.1) is 11.8 Å². The summed E-state index contributed by atoms with van der Waals surface area (Å²) in [6.07, 6.45) is -0.465. The fraction of sp³-hybridized carbons (Fsp3) is 0.543. The number of hydrogen-bond acceptors (Lipinski definition) is 11. The van der Waals surface area contributed by atoms with Crippen molar-refractivity contribution in [1.82, 2.24) is 36.5 Å². The second kappa shape index (κ2) is 20.4. The van der Waals surface area contributed by atoms with Gasteiger partial charge in [0.25, 0.3) is 0 Å². The minimum absolute atomic E-state index is 0.00393. The van der Waals surface area contributed by atoms with Gasteiger partial charge in [-0.3, -0.25) is 38.4 Å². The monoisotopic (exact) mass is 773 g/mol. The summed E-state index contributed by atoms with van der Waals surface area (Å²) in [5, 5.41) is 24.4. The standard InChI is InChI=1S/C35H51N9O9S/c1-5-18(3)31(43-30(50)14-38-28(48)13-36)33(52)39-15-29(49)40-25(17-54-34-21(6-2)22-9-7-8-10-23(22)42-34)32(51)41-24(12-27(37)47)35(53)44-16-20(46)11-26(44)19(4)45/h7-10,18,20,24-26,31,42,46H,5-6,11-17,36H2,1-4H3,(H2,37,47)(H,38,48)(H,39,52)(H,40,49)(H,41,51)(H,43,50)/t18-,20+,24-,25+,26-,31-/m0/s1. The predicted octanol–water partition coefficient (Wildman–Crippen LogP) is -2.06. The number of aliphatic hydroxyl groups excluding tert-OH is 1. The number of fused-ring (bicyclic) bond motifs is 1. The quantitative estimate of drug-likeness (QED) is 0.0660. The molecule has 296 valence electrons. The Morgan fingerprint density at radius 2 is 1.61 bits per heavy atom. The number of nitrogens with one attached hydrogen (secondary N) is 6. The van der Waals surface area contributed by atoms with E-state index in [4.69, 9.17) is 11.5 Å². The lowest BCUT2D eigenvalue weighted by molar-refractivity contribution is -0.142. The van der Waals surface area contributed by atoms with Gasteiger partial charge in [0.05, 0.1) is 43.2 Å². The lowest BCUT2D eigenvalue weighted by atomic mass is 9.98. The Morgan fingerprint density at radius 3 is 2.24 bits per heavy atom. The van der Waals surface area contributed by atoms with Gasteiger partial charge in [0.1, 0.15) is 18.1 Å². The molecule has 19 heteroatoms. The molecule has 2 heterocycles. The number of rotatable bonds is 20. The number of aromatic amines is 1. The highest BCUT2D eigenvalue weighted by molar-refractivity contribution is 7.99. The van der Waals surface area contributed by atoms with Crippen LogP contribution in [-0.4, -0.2) is 124 Å². The summed E-state index contributed by atoms with van der Waals surface area (Å²) in [5.41, 5.74) is 12.5. The third-order valence-corrected chi connectivity index (χ3v) is 10.2. The van der Waals surface area contributed by atoms with E-state index in [1.165, 1.54) is 18.7 Å². The number of benzene rings is 1. The molecule has 3 rings (SSSR count). The molecule has 0 radical (unpaired) electrons. The van der Waals surface area contributed by atoms with Gasteiger partial charge in [-0.1, -0.05) is 45.4 Å². The molecule has 54 heavy (non-hydrogen) atoms. The maximum atomic E-state index is 13.9. The van der Waals surface area contributed by atoms with Crippen LogP contribution in [-0.2, 0) is 44.8 Å². The summed E-state index contributed by atoms with van der Waals surface area (Å²) >= 11 is 1.24. The number of H-pyrrole nitrogens is 1. The molecular formula is C35H51N9O9S. The van der Waals surface area contributed by atoms with Crippen LogP contribution in [0, 0.1) is 5.92 Å². The molecule has 0 spiro atoms. The van der Waals surface area contributed by atoms with Crippen molar-refractivity contribution in [2.24, 2.45) is 17.4 Å². The molecule has 2 aromatic rings. The Labute approximate surface area is 317 Å². The number of aliphatic hydroxyl groups is 1. The van der Waals surface area contributed by atoms with Crippen molar-refractivity contribution >= 4 is 69.8 Å². The van der Waals surface area contributed by atoms with Crippen molar-refractivity contribution < 1.29 is 43.5 Å². The first-order chi connectivity index (χ1) is 25.6. The van der Waals surface area contributed by atoms with Crippen LogP contribution in [0.1, 0.15) is 52.5 Å². The fourth-order valence-electron chi connectivity index (χ4n) is 6.02. The third kappa shape index (κ3) is 12.0. The van der Waals surface area contributed by atoms with Crippen LogP contribution < -0.4 is 38.1 Å². The highest BCUT2D eigenvalue weighted by atomic mass is 32.2. The molecule has 1 aliphatic heterocycles. The van der Waals surface area contributed by atoms with Crippen molar-refractivity contribution in [1.29, 1.82) is 0 Å². The van der Waals surface area contributed by atoms with Crippen LogP contribution in [0.15, 0.2) is 29.3 Å². The Bertz CT molecular complexity index is 1720. The molecule has 1 aliphatic rings. The summed E-state index contributed by atoms with van der Waals surface area (Å²) < 4.78 is 0. The second-order valence-electron chi connectivity index (χ2n) is 13.1. The predicted molar refractivity (Wildman–Crippen MR) is 199 cm³/mol. The number of aryl methyl sites for hydroxylation is 1. The van der Waals surface area contributed by atoms with E-state index < -0.39 is 91.1 Å². The van der Waals surface area contributed by atoms with E-state index in [-0.39, 0.29) is 37.0 Å². The number of para-hydroxylation sites is 1. The number of nitrogens with zero attached hydrogens (tertiary/aromatic N) is 1. The Balaban J connectivity index is 1.81. The number of ketones is 1. The highest BCUT2D eigenvalue weighted by Crippen LogP contribution is 2.30. The van der Waals surface area contributed by atoms with Crippen LogP contribution in [0.2, 0.25) is 0 Å². The molecule has 0 saturated carbocycles. The van der Waals surface area contributed by atoms with Crippen LogP contribution in [0.5, 0.6) is 0 Å². The number of aromatic nitrogens is 1. The maximum Gasteiger partial charge on any atom is 0.246 e. The number of likely N-dealkylation sites (tertiary alicyclic amines) is 1. The highest BCUT2D eigenvalue weighted by Gasteiger charge is 2.41. The summed E-state index contributed by atoms with van der Waals surface area (Å²) in [6.45, 7) is 5.26. The zero-order valence-electron chi connectivity index (χ0n) is 30.9. The summed E-state index contributed by atoms with van der Waals surface area (Å²) in [6, 6.07) is 2.79. The van der Waals surface area contributed by atoms with Crippen molar-refractivity contribution in [2.45, 2.75) is 88.7 Å². The Hall–Kier alpha value is -5.01. The average molecular weight is 774 g/mol. The Kier molecular flexibility index (Phi) is 16.4. The minimum atomic E-state index is -1.51. The fourth-order valence-corrected chi connectivity index (χ4v) is 7.19. The van der Waals surface area contributed by atoms with E-state index in [1.807, 2.05) is 31.2 Å². The molecule has 1 saturated heterocycles. The van der Waals surface area contributed by atoms with Crippen LogP contribution in [0.4, 0.5) is 0 Å². The molecule has 0 bridgehead atoms. The van der Waals surface area contributed by atoms with Gasteiger partial charge in [-0.05, 0) is 30.9 Å². The normalized spacial score (nSPS) is 17.5. The number of carbonyl (C=O) groups excluding carboxylic acids is 8. The van der Waals surface area contributed by atoms with Crippen LogP contribution in [0.3, 0.4) is 0 Å². The molecule has 7 amide bonds. The number of primary amides is 1. The van der Waals surface area contributed by atoms with E-state index in [0.29, 0.717) is 12.8 Å². The van der Waals surface area contributed by atoms with E-state index in [0.717, 1.165) is 26.4 Å². The summed E-state index contributed by atoms with van der Waals surface area (Å²) in [4.78, 5) is 107. The van der Waals surface area contributed by atoms with Gasteiger partial charge < -0.3 is 53.0 Å². The number of β-amino-alcohol motifs (C(OH)–C–C–N with tert-alkyl or cyclic N) is 1. The number of Topliss-reactive ketones (excluding diaryl/α,β-unsaturated/α-hetero) is 1. The molecule has 1 aromatic heterocycles. The smallest absolute Gasteiger partial charge is 0.246 e. The lowest BCUT2D eigenvalue weighted by Gasteiger charge is -2.28. The van der Waals surface area contributed by atoms with Gasteiger partial charge in [0, 0.05) is 29.6 Å². The maximum absolute atomic E-state index is 13.9. The minimum Gasteiger partial charge on any atom is -0.391 e. The molecule has 1 aromatic carbocycles. The summed E-state index contributed by atoms with van der Waals surface area (Å²) in [5.74, 6) is -6.02. The van der Waals surface area contributed by atoms with E-state index in [9.17, 15) is 43.5 Å².